The Morgan fingerprint density at radius 2 is 1.83 bits per heavy atom. The molecule has 0 spiro atoms. The molecule has 10 heteroatoms. The highest BCUT2D eigenvalue weighted by molar-refractivity contribution is 7.80. The fourth-order valence-electron chi connectivity index (χ4n) is 1.53. The molecule has 3 N–H and O–H groups in total. The Bertz CT molecular complexity index is 635. The molecule has 0 unspecified atom stereocenters. The third-order valence-corrected chi connectivity index (χ3v) is 3.64. The predicted molar refractivity (Wildman–Crippen MR) is 97.2 cm³/mol. The highest BCUT2D eigenvalue weighted by atomic mass is 35.6. The van der Waals surface area contributed by atoms with Gasteiger partial charge in [-0.1, -0.05) is 60.8 Å². The van der Waals surface area contributed by atoms with Crippen LogP contribution in [-0.4, -0.2) is 26.9 Å². The third-order valence-electron chi connectivity index (χ3n) is 2.77. The second-order valence-electron chi connectivity index (χ2n) is 5.10. The van der Waals surface area contributed by atoms with Crippen molar-refractivity contribution in [2.75, 3.05) is 5.32 Å². The van der Waals surface area contributed by atoms with Crippen LogP contribution >= 0.6 is 47.0 Å². The molecule has 24 heavy (non-hydrogen) atoms. The predicted octanol–water partition coefficient (Wildman–Crippen LogP) is 1.80. The van der Waals surface area contributed by atoms with Gasteiger partial charge >= 0.3 is 0 Å². The molecule has 0 radical (unpaired) electrons. The van der Waals surface area contributed by atoms with E-state index in [1.54, 1.807) is 19.9 Å². The highest BCUT2D eigenvalue weighted by Crippen LogP contribution is 2.29. The standard InChI is InChI=1S/C14H16Cl3N3O3S/c1-7(2)10(21)19-12(14(15,16)17)20-13(24)18-9-5-3-4-8(6-9)11(22)23/h3-7,12H,1-2H3,(H,19,21)(H,22,23)(H2,18,20,24)/p-1/t12-/m0/s1. The SMILES string of the molecule is CC(C)C(=O)N[C@@H](NC(=S)Nc1cccc(C(=O)[O-])c1)C(Cl)(Cl)Cl. The van der Waals surface area contributed by atoms with E-state index in [2.05, 4.69) is 16.0 Å². The quantitative estimate of drug-likeness (QED) is 0.389. The minimum Gasteiger partial charge on any atom is -0.545 e. The Labute approximate surface area is 159 Å². The van der Waals surface area contributed by atoms with Crippen LogP contribution in [0.4, 0.5) is 5.69 Å². The summed E-state index contributed by atoms with van der Waals surface area (Å²) in [7, 11) is 0. The number of carbonyl (C=O) groups is 2. The zero-order valence-corrected chi connectivity index (χ0v) is 15.8. The van der Waals surface area contributed by atoms with Crippen molar-refractivity contribution < 1.29 is 14.7 Å². The molecule has 1 aromatic rings. The molecule has 132 valence electrons. The molecule has 6 nitrogen and oxygen atoms in total. The minimum atomic E-state index is -1.86. The average molecular weight is 412 g/mol. The third kappa shape index (κ3) is 6.68. The molecular weight excluding hydrogens is 397 g/mol. The van der Waals surface area contributed by atoms with Crippen LogP contribution in [0.1, 0.15) is 24.2 Å². The molecule has 0 aromatic heterocycles. The first-order chi connectivity index (χ1) is 11.0. The first-order valence-corrected chi connectivity index (χ1v) is 8.31. The lowest BCUT2D eigenvalue weighted by molar-refractivity contribution is -0.255. The number of carbonyl (C=O) groups excluding carboxylic acids is 2. The molecule has 0 saturated carbocycles. The van der Waals surface area contributed by atoms with Crippen molar-refractivity contribution in [1.29, 1.82) is 0 Å². The number of benzene rings is 1. The van der Waals surface area contributed by atoms with Gasteiger partial charge in [-0.25, -0.2) is 0 Å². The van der Waals surface area contributed by atoms with Crippen molar-refractivity contribution in [3.05, 3.63) is 29.8 Å². The fraction of sp³-hybridized carbons (Fsp3) is 0.357. The van der Waals surface area contributed by atoms with E-state index in [1.165, 1.54) is 18.2 Å². The molecule has 0 saturated heterocycles. The van der Waals surface area contributed by atoms with E-state index in [9.17, 15) is 14.7 Å². The van der Waals surface area contributed by atoms with E-state index in [-0.39, 0.29) is 22.5 Å². The van der Waals surface area contributed by atoms with Crippen LogP contribution in [0.15, 0.2) is 24.3 Å². The number of thiocarbonyl (C=S) groups is 1. The number of carboxylic acid groups (broad SMARTS) is 1. The Hall–Kier alpha value is -1.28. The van der Waals surface area contributed by atoms with Crippen LogP contribution in [0.3, 0.4) is 0 Å². The van der Waals surface area contributed by atoms with Crippen molar-refractivity contribution in [3.63, 3.8) is 0 Å². The number of aromatic carboxylic acids is 1. The zero-order chi connectivity index (χ0) is 18.5. The summed E-state index contributed by atoms with van der Waals surface area (Å²) in [5.74, 6) is -1.97. The van der Waals surface area contributed by atoms with E-state index < -0.39 is 15.9 Å². The van der Waals surface area contributed by atoms with Crippen molar-refractivity contribution in [2.45, 2.75) is 23.8 Å². The van der Waals surface area contributed by atoms with Gasteiger partial charge in [-0.3, -0.25) is 4.79 Å². The maximum atomic E-state index is 11.8. The van der Waals surface area contributed by atoms with Gasteiger partial charge in [0, 0.05) is 11.6 Å². The number of alkyl halides is 3. The van der Waals surface area contributed by atoms with Gasteiger partial charge in [0.2, 0.25) is 9.70 Å². The Kier molecular flexibility index (Phi) is 7.54. The fourth-order valence-corrected chi connectivity index (χ4v) is 2.09. The Balaban J connectivity index is 2.80. The smallest absolute Gasteiger partial charge is 0.228 e. The number of rotatable bonds is 5. The van der Waals surface area contributed by atoms with E-state index in [0.29, 0.717) is 5.69 Å². The maximum absolute atomic E-state index is 11.8. The van der Waals surface area contributed by atoms with Crippen molar-refractivity contribution in [2.24, 2.45) is 5.92 Å². The summed E-state index contributed by atoms with van der Waals surface area (Å²) >= 11 is 22.6. The molecule has 0 aliphatic rings. The van der Waals surface area contributed by atoms with Crippen molar-refractivity contribution >= 4 is 69.7 Å². The molecule has 0 fully saturated rings. The molecule has 0 aliphatic carbocycles. The number of nitrogens with one attached hydrogen (secondary N) is 3. The topological polar surface area (TPSA) is 93.3 Å². The number of halogens is 3. The molecule has 1 aromatic carbocycles. The second kappa shape index (κ2) is 8.71. The molecule has 0 heterocycles. The van der Waals surface area contributed by atoms with Crippen LogP contribution in [0.25, 0.3) is 0 Å². The number of hydrogen-bond donors (Lipinski definition) is 3. The van der Waals surface area contributed by atoms with Crippen LogP contribution < -0.4 is 21.1 Å². The van der Waals surface area contributed by atoms with Crippen LogP contribution in [0, 0.1) is 5.92 Å². The van der Waals surface area contributed by atoms with Gasteiger partial charge in [-0.2, -0.15) is 0 Å². The summed E-state index contributed by atoms with van der Waals surface area (Å²) in [4.78, 5) is 22.6. The van der Waals surface area contributed by atoms with Gasteiger partial charge in [-0.15, -0.1) is 0 Å². The van der Waals surface area contributed by atoms with E-state index in [0.717, 1.165) is 0 Å². The zero-order valence-electron chi connectivity index (χ0n) is 12.7. The van der Waals surface area contributed by atoms with Gasteiger partial charge in [0.25, 0.3) is 0 Å². The van der Waals surface area contributed by atoms with Crippen molar-refractivity contribution in [3.8, 4) is 0 Å². The molecule has 1 amide bonds. The molecule has 1 atom stereocenters. The summed E-state index contributed by atoms with van der Waals surface area (Å²) in [6.07, 6.45) is -1.08. The van der Waals surface area contributed by atoms with Gasteiger partial charge in [0.1, 0.15) is 6.17 Å². The molecule has 0 aliphatic heterocycles. The molecule has 0 bridgehead atoms. The summed E-state index contributed by atoms with van der Waals surface area (Å²) in [6.45, 7) is 3.37. The first kappa shape index (κ1) is 20.8. The van der Waals surface area contributed by atoms with Crippen LogP contribution in [0.5, 0.6) is 0 Å². The summed E-state index contributed by atoms with van der Waals surface area (Å²) in [6, 6.07) is 5.82. The number of carboxylic acids is 1. The average Bonchev–Trinajstić information content (AvgIpc) is 2.45. The van der Waals surface area contributed by atoms with Gasteiger partial charge in [0.15, 0.2) is 5.11 Å². The molecular formula is C14H15Cl3N3O3S-. The number of amides is 1. The largest absolute Gasteiger partial charge is 0.545 e. The van der Waals surface area contributed by atoms with E-state index in [4.69, 9.17) is 47.0 Å². The Morgan fingerprint density at radius 1 is 1.21 bits per heavy atom. The van der Waals surface area contributed by atoms with E-state index in [1.807, 2.05) is 0 Å². The van der Waals surface area contributed by atoms with Crippen LogP contribution in [0.2, 0.25) is 0 Å². The first-order valence-electron chi connectivity index (χ1n) is 6.76. The maximum Gasteiger partial charge on any atom is 0.228 e. The summed E-state index contributed by atoms with van der Waals surface area (Å²) in [5.41, 5.74) is 0.376. The summed E-state index contributed by atoms with van der Waals surface area (Å²) < 4.78 is -1.86. The van der Waals surface area contributed by atoms with Gasteiger partial charge in [0.05, 0.1) is 5.97 Å². The highest BCUT2D eigenvalue weighted by Gasteiger charge is 2.35. The lowest BCUT2D eigenvalue weighted by Gasteiger charge is -2.28. The monoisotopic (exact) mass is 410 g/mol. The van der Waals surface area contributed by atoms with E-state index >= 15 is 0 Å². The van der Waals surface area contributed by atoms with Gasteiger partial charge < -0.3 is 25.9 Å². The molecule has 1 rings (SSSR count). The minimum absolute atomic E-state index is 0.0196. The normalized spacial score (nSPS) is 12.4. The number of anilines is 1. The lowest BCUT2D eigenvalue weighted by Crippen LogP contribution is -2.56. The Morgan fingerprint density at radius 3 is 2.33 bits per heavy atom. The van der Waals surface area contributed by atoms with Crippen LogP contribution in [-0.2, 0) is 4.79 Å². The number of hydrogen-bond acceptors (Lipinski definition) is 4. The summed E-state index contributed by atoms with van der Waals surface area (Å²) in [5, 5.41) is 18.8. The second-order valence-corrected chi connectivity index (χ2v) is 7.88. The van der Waals surface area contributed by atoms with Crippen molar-refractivity contribution in [1.82, 2.24) is 10.6 Å². The lowest BCUT2D eigenvalue weighted by atomic mass is 10.2. The van der Waals surface area contributed by atoms with Gasteiger partial charge in [-0.05, 0) is 29.9 Å².